The molecule has 0 aliphatic carbocycles. The van der Waals surface area contributed by atoms with Gasteiger partial charge >= 0.3 is 0 Å². The predicted molar refractivity (Wildman–Crippen MR) is 87.7 cm³/mol. The average Bonchev–Trinajstić information content (AvgIpc) is 2.45. The first-order valence-corrected chi connectivity index (χ1v) is 7.24. The fraction of sp³-hybridized carbons (Fsp3) is 0.368. The van der Waals surface area contributed by atoms with Crippen molar-refractivity contribution in [3.05, 3.63) is 57.6 Å². The van der Waals surface area contributed by atoms with E-state index in [-0.39, 0.29) is 0 Å². The lowest BCUT2D eigenvalue weighted by Crippen LogP contribution is -1.99. The van der Waals surface area contributed by atoms with Crippen LogP contribution in [-0.2, 0) is 6.42 Å². The number of aryl methyl sites for hydroxylation is 4. The molecule has 2 nitrogen and oxygen atoms in total. The quantitative estimate of drug-likeness (QED) is 0.821. The SMILES string of the molecule is COc1cc(C)c(Cc2cc(C)c(OC)cc2C)cc1C. The molecule has 0 unspecified atom stereocenters. The van der Waals surface area contributed by atoms with E-state index in [4.69, 9.17) is 9.47 Å². The van der Waals surface area contributed by atoms with E-state index in [0.717, 1.165) is 17.9 Å². The van der Waals surface area contributed by atoms with Crippen LogP contribution in [0.3, 0.4) is 0 Å². The van der Waals surface area contributed by atoms with Gasteiger partial charge in [-0.2, -0.15) is 0 Å². The van der Waals surface area contributed by atoms with Crippen LogP contribution in [0.4, 0.5) is 0 Å². The van der Waals surface area contributed by atoms with Crippen LogP contribution in [0, 0.1) is 27.7 Å². The minimum Gasteiger partial charge on any atom is -0.496 e. The lowest BCUT2D eigenvalue weighted by Gasteiger charge is -2.14. The second-order valence-electron chi connectivity index (χ2n) is 5.67. The van der Waals surface area contributed by atoms with Crippen molar-refractivity contribution < 1.29 is 9.47 Å². The normalized spacial score (nSPS) is 10.6. The van der Waals surface area contributed by atoms with Gasteiger partial charge in [0.1, 0.15) is 11.5 Å². The van der Waals surface area contributed by atoms with Crippen LogP contribution in [0.2, 0.25) is 0 Å². The molecule has 0 saturated heterocycles. The third-order valence-corrected chi connectivity index (χ3v) is 4.09. The van der Waals surface area contributed by atoms with Crippen LogP contribution in [-0.4, -0.2) is 14.2 Å². The molecule has 0 aromatic heterocycles. The molecule has 2 rings (SSSR count). The van der Waals surface area contributed by atoms with E-state index in [1.807, 2.05) is 0 Å². The van der Waals surface area contributed by atoms with E-state index >= 15 is 0 Å². The van der Waals surface area contributed by atoms with Crippen molar-refractivity contribution in [1.29, 1.82) is 0 Å². The smallest absolute Gasteiger partial charge is 0.122 e. The monoisotopic (exact) mass is 284 g/mol. The van der Waals surface area contributed by atoms with Crippen LogP contribution < -0.4 is 9.47 Å². The van der Waals surface area contributed by atoms with Crippen LogP contribution in [0.5, 0.6) is 11.5 Å². The highest BCUT2D eigenvalue weighted by atomic mass is 16.5. The first-order chi connectivity index (χ1) is 9.96. The standard InChI is InChI=1S/C19H24O2/c1-12-9-18(20-5)14(3)7-16(12)11-17-8-15(4)19(21-6)10-13(17)2/h7-10H,11H2,1-6H3. The first kappa shape index (κ1) is 15.4. The largest absolute Gasteiger partial charge is 0.496 e. The Morgan fingerprint density at radius 3 is 1.33 bits per heavy atom. The maximum atomic E-state index is 5.39. The van der Waals surface area contributed by atoms with Crippen molar-refractivity contribution in [2.75, 3.05) is 14.2 Å². The van der Waals surface area contributed by atoms with E-state index in [1.54, 1.807) is 14.2 Å². The van der Waals surface area contributed by atoms with Crippen LogP contribution in [0.25, 0.3) is 0 Å². The average molecular weight is 284 g/mol. The Hall–Kier alpha value is -1.96. The number of hydrogen-bond acceptors (Lipinski definition) is 2. The summed E-state index contributed by atoms with van der Waals surface area (Å²) >= 11 is 0. The molecule has 0 radical (unpaired) electrons. The predicted octanol–water partition coefficient (Wildman–Crippen LogP) is 4.53. The topological polar surface area (TPSA) is 18.5 Å². The van der Waals surface area contributed by atoms with Crippen molar-refractivity contribution in [2.45, 2.75) is 34.1 Å². The minimum atomic E-state index is 0.938. The summed E-state index contributed by atoms with van der Waals surface area (Å²) in [5, 5.41) is 0. The number of rotatable bonds is 4. The summed E-state index contributed by atoms with van der Waals surface area (Å²) in [7, 11) is 3.44. The van der Waals surface area contributed by atoms with Crippen molar-refractivity contribution >= 4 is 0 Å². The lowest BCUT2D eigenvalue weighted by molar-refractivity contribution is 0.411. The molecule has 0 heterocycles. The van der Waals surface area contributed by atoms with Gasteiger partial charge < -0.3 is 9.47 Å². The molecule has 0 saturated carbocycles. The van der Waals surface area contributed by atoms with E-state index in [0.29, 0.717) is 0 Å². The first-order valence-electron chi connectivity index (χ1n) is 7.24. The molecule has 0 atom stereocenters. The Bertz CT molecular complexity index is 600. The molecule has 0 fully saturated rings. The molecule has 0 aliphatic heterocycles. The number of methoxy groups -OCH3 is 2. The van der Waals surface area contributed by atoms with Crippen LogP contribution >= 0.6 is 0 Å². The van der Waals surface area contributed by atoms with Crippen LogP contribution in [0.15, 0.2) is 24.3 Å². The second-order valence-corrected chi connectivity index (χ2v) is 5.67. The molecule has 2 aromatic rings. The third-order valence-electron chi connectivity index (χ3n) is 4.09. The van der Waals surface area contributed by atoms with Gasteiger partial charge in [0.25, 0.3) is 0 Å². The Kier molecular flexibility index (Phi) is 4.56. The van der Waals surface area contributed by atoms with Gasteiger partial charge in [0, 0.05) is 0 Å². The van der Waals surface area contributed by atoms with Crippen molar-refractivity contribution in [3.63, 3.8) is 0 Å². The summed E-state index contributed by atoms with van der Waals surface area (Å²) in [6, 6.07) is 8.70. The molecular formula is C19H24O2. The molecule has 0 aliphatic rings. The Morgan fingerprint density at radius 1 is 0.619 bits per heavy atom. The fourth-order valence-corrected chi connectivity index (χ4v) is 2.72. The van der Waals surface area contributed by atoms with E-state index in [9.17, 15) is 0 Å². The molecule has 0 bridgehead atoms. The van der Waals surface area contributed by atoms with Crippen molar-refractivity contribution in [2.24, 2.45) is 0 Å². The molecule has 2 aromatic carbocycles. The van der Waals surface area contributed by atoms with Crippen molar-refractivity contribution in [3.8, 4) is 11.5 Å². The van der Waals surface area contributed by atoms with Gasteiger partial charge in [-0.1, -0.05) is 12.1 Å². The lowest BCUT2D eigenvalue weighted by atomic mass is 9.94. The molecule has 0 N–H and O–H groups in total. The van der Waals surface area contributed by atoms with Gasteiger partial charge in [-0.3, -0.25) is 0 Å². The Labute approximate surface area is 127 Å². The van der Waals surface area contributed by atoms with Gasteiger partial charge in [-0.25, -0.2) is 0 Å². The second kappa shape index (κ2) is 6.21. The Balaban J connectivity index is 2.39. The summed E-state index contributed by atoms with van der Waals surface area (Å²) in [4.78, 5) is 0. The van der Waals surface area contributed by atoms with E-state index < -0.39 is 0 Å². The zero-order chi connectivity index (χ0) is 15.6. The van der Waals surface area contributed by atoms with Crippen LogP contribution in [0.1, 0.15) is 33.4 Å². The van der Waals surface area contributed by atoms with Gasteiger partial charge in [-0.05, 0) is 79.6 Å². The van der Waals surface area contributed by atoms with Gasteiger partial charge in [0.2, 0.25) is 0 Å². The van der Waals surface area contributed by atoms with E-state index in [2.05, 4.69) is 52.0 Å². The highest BCUT2D eigenvalue weighted by Crippen LogP contribution is 2.28. The van der Waals surface area contributed by atoms with Gasteiger partial charge in [-0.15, -0.1) is 0 Å². The van der Waals surface area contributed by atoms with Gasteiger partial charge in [0.15, 0.2) is 0 Å². The fourth-order valence-electron chi connectivity index (χ4n) is 2.72. The van der Waals surface area contributed by atoms with Gasteiger partial charge in [0.05, 0.1) is 14.2 Å². The highest BCUT2D eigenvalue weighted by Gasteiger charge is 2.09. The maximum absolute atomic E-state index is 5.39. The minimum absolute atomic E-state index is 0.938. The van der Waals surface area contributed by atoms with E-state index in [1.165, 1.54) is 33.4 Å². The number of hydrogen-bond donors (Lipinski definition) is 0. The highest BCUT2D eigenvalue weighted by molar-refractivity contribution is 5.47. The summed E-state index contributed by atoms with van der Waals surface area (Å²) < 4.78 is 10.8. The number of benzene rings is 2. The summed E-state index contributed by atoms with van der Waals surface area (Å²) in [6.07, 6.45) is 0.938. The zero-order valence-electron chi connectivity index (χ0n) is 13.8. The molecule has 112 valence electrons. The zero-order valence-corrected chi connectivity index (χ0v) is 13.8. The summed E-state index contributed by atoms with van der Waals surface area (Å²) in [6.45, 7) is 8.47. The molecule has 2 heteroatoms. The van der Waals surface area contributed by atoms with Crippen molar-refractivity contribution in [1.82, 2.24) is 0 Å². The molecule has 0 amide bonds. The maximum Gasteiger partial charge on any atom is 0.122 e. The number of ether oxygens (including phenoxy) is 2. The molecule has 0 spiro atoms. The Morgan fingerprint density at radius 2 is 1.00 bits per heavy atom. The molecular weight excluding hydrogens is 260 g/mol. The molecule has 21 heavy (non-hydrogen) atoms. The summed E-state index contributed by atoms with van der Waals surface area (Å²) in [5.41, 5.74) is 7.60. The third kappa shape index (κ3) is 3.21. The summed E-state index contributed by atoms with van der Waals surface area (Å²) in [5.74, 6) is 1.91.